The largest absolute Gasteiger partial charge is 0.462 e. The third-order valence-corrected chi connectivity index (χ3v) is 11.2. The number of hydrogen-bond donors (Lipinski definition) is 1. The van der Waals surface area contributed by atoms with Crippen LogP contribution in [0.3, 0.4) is 0 Å². The molecule has 2 aliphatic heterocycles. The van der Waals surface area contributed by atoms with Crippen LogP contribution in [0.5, 0.6) is 6.01 Å². The monoisotopic (exact) mass is 674 g/mol. The molecule has 0 bridgehead atoms. The fraction of sp³-hybridized carbons (Fsp3) is 0.441. The van der Waals surface area contributed by atoms with Crippen LogP contribution in [0.25, 0.3) is 32.2 Å². The highest BCUT2D eigenvalue weighted by molar-refractivity contribution is 7.23. The lowest BCUT2D eigenvalue weighted by Crippen LogP contribution is -2.48. The molecular formula is C34H36F2N8O3S. The maximum Gasteiger partial charge on any atom is 0.319 e. The van der Waals surface area contributed by atoms with Crippen molar-refractivity contribution >= 4 is 49.1 Å². The van der Waals surface area contributed by atoms with Crippen LogP contribution in [0.4, 0.5) is 19.6 Å². The molecule has 2 N–H and O–H groups in total. The first-order chi connectivity index (χ1) is 23.1. The van der Waals surface area contributed by atoms with Crippen molar-refractivity contribution in [1.82, 2.24) is 24.8 Å². The number of fused-ring (bicyclic) bond motifs is 2. The molecule has 14 heteroatoms. The summed E-state index contributed by atoms with van der Waals surface area (Å²) in [5.74, 6) is -1.15. The summed E-state index contributed by atoms with van der Waals surface area (Å²) in [7, 11) is 5.50. The van der Waals surface area contributed by atoms with Crippen LogP contribution in [-0.2, 0) is 9.53 Å². The van der Waals surface area contributed by atoms with Crippen molar-refractivity contribution < 1.29 is 23.0 Å². The molecule has 3 fully saturated rings. The van der Waals surface area contributed by atoms with Gasteiger partial charge in [0.25, 0.3) is 0 Å². The van der Waals surface area contributed by atoms with Crippen LogP contribution in [0.1, 0.15) is 31.2 Å². The van der Waals surface area contributed by atoms with Crippen molar-refractivity contribution in [3.05, 3.63) is 48.2 Å². The molecule has 1 spiro atoms. The number of halogens is 2. The molecule has 5 heterocycles. The van der Waals surface area contributed by atoms with E-state index in [1.807, 2.05) is 18.0 Å². The van der Waals surface area contributed by atoms with Gasteiger partial charge in [-0.05, 0) is 56.4 Å². The molecule has 2 saturated heterocycles. The Kier molecular flexibility index (Phi) is 8.17. The summed E-state index contributed by atoms with van der Waals surface area (Å²) in [5, 5.41) is 10.5. The van der Waals surface area contributed by atoms with Crippen LogP contribution < -0.4 is 15.4 Å². The summed E-state index contributed by atoms with van der Waals surface area (Å²) in [6.07, 6.45) is 6.82. The summed E-state index contributed by atoms with van der Waals surface area (Å²) in [6.45, 7) is 5.76. The van der Waals surface area contributed by atoms with E-state index in [-0.39, 0.29) is 74.1 Å². The van der Waals surface area contributed by atoms with Gasteiger partial charge in [0.15, 0.2) is 5.82 Å². The van der Waals surface area contributed by atoms with Gasteiger partial charge in [-0.25, -0.2) is 8.78 Å². The summed E-state index contributed by atoms with van der Waals surface area (Å²) in [6, 6.07) is 4.27. The molecule has 3 atom stereocenters. The zero-order chi connectivity index (χ0) is 33.9. The summed E-state index contributed by atoms with van der Waals surface area (Å²) in [5.41, 5.74) is 6.57. The average molecular weight is 675 g/mol. The van der Waals surface area contributed by atoms with Crippen molar-refractivity contribution in [2.24, 2.45) is 5.41 Å². The van der Waals surface area contributed by atoms with Crippen LogP contribution in [-0.4, -0.2) is 96.3 Å². The molecule has 1 aliphatic carbocycles. The summed E-state index contributed by atoms with van der Waals surface area (Å²) < 4.78 is 43.5. The number of pyridine rings is 1. The lowest BCUT2D eigenvalue weighted by molar-refractivity contribution is -0.127. The minimum atomic E-state index is -0.769. The van der Waals surface area contributed by atoms with Gasteiger partial charge in [-0.3, -0.25) is 14.7 Å². The first-order valence-corrected chi connectivity index (χ1v) is 16.7. The molecule has 1 aromatic carbocycles. The molecule has 0 radical (unpaired) electrons. The maximum absolute atomic E-state index is 16.8. The van der Waals surface area contributed by atoms with Gasteiger partial charge in [0.05, 0.1) is 34.3 Å². The number of likely N-dealkylation sites (tertiary alicyclic amines) is 2. The molecule has 4 aromatic rings. The Hall–Kier alpha value is -4.45. The smallest absolute Gasteiger partial charge is 0.319 e. The SMILES string of the molecule is C=CC(=O)N1CCC(N(C)c2nc(OCC3CC4(CC4)CN3C)nc3c(F)c(-c4ccc(F)c5sc(N)c(C#N)c45)ncc23)C1COC. The number of anilines is 2. The second kappa shape index (κ2) is 12.2. The zero-order valence-electron chi connectivity index (χ0n) is 27.0. The van der Waals surface area contributed by atoms with Gasteiger partial charge in [-0.1, -0.05) is 6.58 Å². The van der Waals surface area contributed by atoms with Crippen molar-refractivity contribution in [3.63, 3.8) is 0 Å². The van der Waals surface area contributed by atoms with Crippen LogP contribution >= 0.6 is 11.3 Å². The minimum absolute atomic E-state index is 0.00704. The Morgan fingerprint density at radius 1 is 1.31 bits per heavy atom. The lowest BCUT2D eigenvalue weighted by Gasteiger charge is -2.33. The van der Waals surface area contributed by atoms with Crippen molar-refractivity contribution in [2.45, 2.75) is 43.8 Å². The first-order valence-electron chi connectivity index (χ1n) is 15.8. The predicted molar refractivity (Wildman–Crippen MR) is 180 cm³/mol. The van der Waals surface area contributed by atoms with Gasteiger partial charge in [0.2, 0.25) is 5.91 Å². The number of nitrogen functional groups attached to an aromatic ring is 1. The Morgan fingerprint density at radius 2 is 2.10 bits per heavy atom. The molecule has 11 nitrogen and oxygen atoms in total. The zero-order valence-corrected chi connectivity index (χ0v) is 27.8. The van der Waals surface area contributed by atoms with E-state index in [0.717, 1.165) is 24.3 Å². The number of carbonyl (C=O) groups is 1. The van der Waals surface area contributed by atoms with Gasteiger partial charge in [0, 0.05) is 50.4 Å². The highest BCUT2D eigenvalue weighted by atomic mass is 32.1. The minimum Gasteiger partial charge on any atom is -0.462 e. The van der Waals surface area contributed by atoms with Gasteiger partial charge < -0.3 is 25.0 Å². The van der Waals surface area contributed by atoms with E-state index in [0.29, 0.717) is 36.2 Å². The molecule has 3 aliphatic rings. The number of benzene rings is 1. The van der Waals surface area contributed by atoms with E-state index in [4.69, 9.17) is 20.2 Å². The number of methoxy groups -OCH3 is 1. The highest BCUT2D eigenvalue weighted by Gasteiger charge is 2.51. The number of hydrogen-bond acceptors (Lipinski definition) is 11. The molecule has 48 heavy (non-hydrogen) atoms. The summed E-state index contributed by atoms with van der Waals surface area (Å²) in [4.78, 5) is 32.5. The van der Waals surface area contributed by atoms with E-state index >= 15 is 4.39 Å². The van der Waals surface area contributed by atoms with E-state index in [9.17, 15) is 14.4 Å². The topological polar surface area (TPSA) is 134 Å². The van der Waals surface area contributed by atoms with Gasteiger partial charge in [-0.2, -0.15) is 15.2 Å². The molecule has 250 valence electrons. The van der Waals surface area contributed by atoms with E-state index < -0.39 is 11.6 Å². The normalized spacial score (nSPS) is 21.7. The van der Waals surface area contributed by atoms with Crippen LogP contribution in [0.2, 0.25) is 0 Å². The number of nitriles is 1. The number of rotatable bonds is 9. The van der Waals surface area contributed by atoms with Crippen LogP contribution in [0.15, 0.2) is 31.0 Å². The number of nitrogens with two attached hydrogens (primary N) is 1. The number of carbonyl (C=O) groups excluding carboxylic acids is 1. The van der Waals surface area contributed by atoms with Gasteiger partial charge >= 0.3 is 6.01 Å². The van der Waals surface area contributed by atoms with E-state index in [2.05, 4.69) is 28.5 Å². The standard InChI is InChI=1S/C34H36F2N8O3S/c1-5-25(45)44-11-8-23(24(44)16-46-4)43(3)32-21-14-39-28(19-6-7-22(35)30-26(19)20(13-37)31(38)48-30)27(36)29(21)40-33(41-32)47-15-18-12-34(9-10-34)17-42(18)2/h5-7,14,18,23-24H,1,8-12,15-17,38H2,2-4H3. The number of thiophene rings is 1. The predicted octanol–water partition coefficient (Wildman–Crippen LogP) is 4.74. The molecule has 3 aromatic heterocycles. The lowest BCUT2D eigenvalue weighted by atomic mass is 10.0. The Labute approximate surface area is 280 Å². The van der Waals surface area contributed by atoms with E-state index in [1.54, 1.807) is 12.0 Å². The first kappa shape index (κ1) is 32.1. The van der Waals surface area contributed by atoms with Gasteiger partial charge in [-0.15, -0.1) is 11.3 Å². The number of aromatic nitrogens is 3. The second-order valence-electron chi connectivity index (χ2n) is 13.1. The molecule has 1 saturated carbocycles. The molecular weight excluding hydrogens is 638 g/mol. The average Bonchev–Trinajstić information content (AvgIpc) is 3.38. The van der Waals surface area contributed by atoms with Crippen LogP contribution in [0, 0.1) is 28.4 Å². The Balaban J connectivity index is 1.34. The fourth-order valence-corrected chi connectivity index (χ4v) is 8.47. The number of amides is 1. The quantitative estimate of drug-likeness (QED) is 0.248. The van der Waals surface area contributed by atoms with Crippen molar-refractivity contribution in [2.75, 3.05) is 58.1 Å². The maximum atomic E-state index is 16.8. The molecule has 3 unspecified atom stereocenters. The number of ether oxygens (including phenoxy) is 2. The van der Waals surface area contributed by atoms with Gasteiger partial charge in [0.1, 0.15) is 40.5 Å². The number of likely N-dealkylation sites (N-methyl/N-ethyl adjacent to an activating group) is 2. The van der Waals surface area contributed by atoms with E-state index in [1.165, 1.54) is 37.2 Å². The fourth-order valence-electron chi connectivity index (χ4n) is 7.52. The second-order valence-corrected chi connectivity index (χ2v) is 14.1. The third-order valence-electron chi connectivity index (χ3n) is 10.2. The number of nitrogens with zero attached hydrogens (tertiary/aromatic N) is 7. The summed E-state index contributed by atoms with van der Waals surface area (Å²) >= 11 is 0.931. The Morgan fingerprint density at radius 3 is 2.79 bits per heavy atom. The van der Waals surface area contributed by atoms with Crippen molar-refractivity contribution in [3.8, 4) is 23.3 Å². The third kappa shape index (κ3) is 5.30. The molecule has 7 rings (SSSR count). The molecule has 1 amide bonds. The van der Waals surface area contributed by atoms with Crippen molar-refractivity contribution in [1.29, 1.82) is 5.26 Å². The highest BCUT2D eigenvalue weighted by Crippen LogP contribution is 2.54. The Bertz CT molecular complexity index is 1990.